The Morgan fingerprint density at radius 3 is 2.24 bits per heavy atom. The molecule has 2 heterocycles. The summed E-state index contributed by atoms with van der Waals surface area (Å²) in [5.41, 5.74) is 3.27. The number of esters is 2. The van der Waals surface area contributed by atoms with Crippen LogP contribution in [0.4, 0.5) is 5.69 Å². The Morgan fingerprint density at radius 2 is 1.55 bits per heavy atom. The number of amides is 1. The predicted octanol–water partition coefficient (Wildman–Crippen LogP) is 5.61. The van der Waals surface area contributed by atoms with Crippen LogP contribution >= 0.6 is 0 Å². The van der Waals surface area contributed by atoms with Crippen molar-refractivity contribution in [2.24, 2.45) is 11.8 Å². The lowest BCUT2D eigenvalue weighted by Crippen LogP contribution is -2.36. The maximum absolute atomic E-state index is 13.7. The number of carbonyl (C=O) groups is 3. The van der Waals surface area contributed by atoms with E-state index in [1.165, 1.54) is 21.3 Å². The third-order valence-corrected chi connectivity index (χ3v) is 9.39. The van der Waals surface area contributed by atoms with Crippen LogP contribution in [0.25, 0.3) is 0 Å². The number of cyclic esters (lactones) is 1. The lowest BCUT2D eigenvalue weighted by molar-refractivity contribution is -0.153. The first kappa shape index (κ1) is 33.6. The van der Waals surface area contributed by atoms with Crippen molar-refractivity contribution < 1.29 is 52.3 Å². The molecule has 0 spiro atoms. The molecule has 1 unspecified atom stereocenters. The molecular formula is C39H37NO11. The number of benzene rings is 4. The molecule has 1 amide bonds. The number of fused-ring (bicyclic) bond motifs is 3. The van der Waals surface area contributed by atoms with Crippen molar-refractivity contribution in [1.29, 1.82) is 0 Å². The number of hydrogen-bond acceptors (Lipinski definition) is 11. The van der Waals surface area contributed by atoms with E-state index < -0.39 is 41.9 Å². The minimum Gasteiger partial charge on any atom is -0.493 e. The SMILES string of the molecule is COc1cc([C@@H]2c3cc4c(cc3[C@H](OC(=O)Cc3cccc(NC(=O)C(C)Oc5ccccc5)c3)[C@H]3COC(=O)[C@H]23)OCO4)cc(OC)c1OC. The van der Waals surface area contributed by atoms with Crippen LogP contribution in [-0.2, 0) is 30.3 Å². The average Bonchev–Trinajstić information content (AvgIpc) is 3.76. The van der Waals surface area contributed by atoms with E-state index in [-0.39, 0.29) is 25.7 Å². The summed E-state index contributed by atoms with van der Waals surface area (Å²) in [6, 6.07) is 23.3. The Labute approximate surface area is 294 Å². The topological polar surface area (TPSA) is 137 Å². The molecule has 1 fully saturated rings. The van der Waals surface area contributed by atoms with Gasteiger partial charge in [0.1, 0.15) is 11.9 Å². The van der Waals surface area contributed by atoms with Crippen LogP contribution in [-0.4, -0.2) is 58.7 Å². The van der Waals surface area contributed by atoms with Gasteiger partial charge in [-0.2, -0.15) is 0 Å². The van der Waals surface area contributed by atoms with Crippen LogP contribution in [0, 0.1) is 11.8 Å². The van der Waals surface area contributed by atoms with Crippen molar-refractivity contribution in [2.45, 2.75) is 31.5 Å². The number of carbonyl (C=O) groups excluding carboxylic acids is 3. The summed E-state index contributed by atoms with van der Waals surface area (Å²) in [5.74, 6) is -0.0929. The highest BCUT2D eigenvalue weighted by Crippen LogP contribution is 2.56. The van der Waals surface area contributed by atoms with E-state index in [2.05, 4.69) is 5.32 Å². The van der Waals surface area contributed by atoms with Gasteiger partial charge < -0.3 is 43.2 Å². The van der Waals surface area contributed by atoms with Crippen molar-refractivity contribution in [1.82, 2.24) is 0 Å². The molecule has 1 N–H and O–H groups in total. The number of rotatable bonds is 11. The second kappa shape index (κ2) is 14.1. The largest absolute Gasteiger partial charge is 0.493 e. The van der Waals surface area contributed by atoms with Gasteiger partial charge in [-0.3, -0.25) is 14.4 Å². The van der Waals surface area contributed by atoms with Gasteiger partial charge in [0.2, 0.25) is 12.5 Å². The molecule has 4 aromatic rings. The molecule has 3 aliphatic rings. The molecule has 51 heavy (non-hydrogen) atoms. The predicted molar refractivity (Wildman–Crippen MR) is 183 cm³/mol. The highest BCUT2D eigenvalue weighted by molar-refractivity contribution is 5.94. The van der Waals surface area contributed by atoms with E-state index in [1.807, 2.05) is 42.5 Å². The Kier molecular flexibility index (Phi) is 9.31. The fourth-order valence-corrected chi connectivity index (χ4v) is 7.05. The number of nitrogens with one attached hydrogen (secondary N) is 1. The highest BCUT2D eigenvalue weighted by atomic mass is 16.7. The van der Waals surface area contributed by atoms with Crippen molar-refractivity contribution in [2.75, 3.05) is 40.0 Å². The minimum atomic E-state index is -0.824. The molecule has 264 valence electrons. The van der Waals surface area contributed by atoms with Crippen LogP contribution in [0.15, 0.2) is 78.9 Å². The molecule has 1 saturated heterocycles. The third-order valence-electron chi connectivity index (χ3n) is 9.39. The van der Waals surface area contributed by atoms with Gasteiger partial charge in [0.25, 0.3) is 5.91 Å². The Hall–Kier alpha value is -5.91. The van der Waals surface area contributed by atoms with E-state index >= 15 is 0 Å². The van der Waals surface area contributed by atoms with Gasteiger partial charge in [0.15, 0.2) is 29.1 Å². The van der Waals surface area contributed by atoms with Crippen LogP contribution in [0.3, 0.4) is 0 Å². The number of para-hydroxylation sites is 1. The van der Waals surface area contributed by atoms with Gasteiger partial charge in [-0.15, -0.1) is 0 Å². The maximum Gasteiger partial charge on any atom is 0.310 e. The zero-order chi connectivity index (χ0) is 35.6. The monoisotopic (exact) mass is 695 g/mol. The molecule has 0 bridgehead atoms. The molecule has 0 saturated carbocycles. The van der Waals surface area contributed by atoms with E-state index in [0.29, 0.717) is 51.3 Å². The van der Waals surface area contributed by atoms with E-state index in [0.717, 1.165) is 11.1 Å². The molecule has 12 heteroatoms. The van der Waals surface area contributed by atoms with E-state index in [4.69, 9.17) is 37.9 Å². The minimum absolute atomic E-state index is 0.0382. The first-order valence-corrected chi connectivity index (χ1v) is 16.5. The summed E-state index contributed by atoms with van der Waals surface area (Å²) in [6.45, 7) is 1.76. The van der Waals surface area contributed by atoms with Gasteiger partial charge in [-0.1, -0.05) is 30.3 Å². The Morgan fingerprint density at radius 1 is 0.843 bits per heavy atom. The summed E-state index contributed by atoms with van der Waals surface area (Å²) >= 11 is 0. The molecule has 5 atom stereocenters. The second-order valence-electron chi connectivity index (χ2n) is 12.4. The number of hydrogen-bond donors (Lipinski definition) is 1. The van der Waals surface area contributed by atoms with Crippen molar-refractivity contribution in [3.8, 4) is 34.5 Å². The van der Waals surface area contributed by atoms with Gasteiger partial charge in [-0.25, -0.2) is 0 Å². The van der Waals surface area contributed by atoms with Crippen LogP contribution in [0.1, 0.15) is 41.2 Å². The fourth-order valence-electron chi connectivity index (χ4n) is 7.05. The zero-order valence-corrected chi connectivity index (χ0v) is 28.5. The number of methoxy groups -OCH3 is 3. The zero-order valence-electron chi connectivity index (χ0n) is 28.5. The van der Waals surface area contributed by atoms with Gasteiger partial charge >= 0.3 is 11.9 Å². The Bertz CT molecular complexity index is 1940. The quantitative estimate of drug-likeness (QED) is 0.196. The lowest BCUT2D eigenvalue weighted by Gasteiger charge is -2.38. The summed E-state index contributed by atoms with van der Waals surface area (Å²) in [7, 11) is 4.58. The maximum atomic E-state index is 13.7. The van der Waals surface area contributed by atoms with Crippen molar-refractivity contribution >= 4 is 23.5 Å². The summed E-state index contributed by atoms with van der Waals surface area (Å²) in [5, 5.41) is 2.85. The normalized spacial score (nSPS) is 20.3. The molecule has 4 aromatic carbocycles. The first-order chi connectivity index (χ1) is 24.8. The average molecular weight is 696 g/mol. The van der Waals surface area contributed by atoms with Crippen molar-refractivity contribution in [3.05, 3.63) is 101 Å². The number of anilines is 1. The number of ether oxygens (including phenoxy) is 8. The van der Waals surface area contributed by atoms with Gasteiger partial charge in [-0.05, 0) is 72.1 Å². The molecule has 12 nitrogen and oxygen atoms in total. The smallest absolute Gasteiger partial charge is 0.310 e. The fraction of sp³-hybridized carbons (Fsp3) is 0.308. The molecule has 0 aromatic heterocycles. The molecular weight excluding hydrogens is 658 g/mol. The molecule has 1 aliphatic carbocycles. The van der Waals surface area contributed by atoms with Crippen LogP contribution in [0.5, 0.6) is 34.5 Å². The summed E-state index contributed by atoms with van der Waals surface area (Å²) in [4.78, 5) is 40.1. The third kappa shape index (κ3) is 6.56. The van der Waals surface area contributed by atoms with Gasteiger partial charge in [0.05, 0.1) is 40.3 Å². The highest BCUT2D eigenvalue weighted by Gasteiger charge is 2.54. The van der Waals surface area contributed by atoms with Crippen molar-refractivity contribution in [3.63, 3.8) is 0 Å². The molecule has 0 radical (unpaired) electrons. The summed E-state index contributed by atoms with van der Waals surface area (Å²) in [6.07, 6.45) is -1.66. The standard InChI is InChI=1S/C39H37NO11/c1-21(50-25-11-6-5-7-12-25)38(42)40-24-10-8-9-22(13-24)14-33(41)51-36-27-18-30-29(48-20-49-30)17-26(27)34(35-28(36)19-47-39(35)43)23-15-31(44-2)37(46-4)32(16-23)45-3/h5-13,15-18,21,28,34-36H,14,19-20H2,1-4H3,(H,40,42)/t21?,28-,34+,35-,36-/m0/s1. The second-order valence-corrected chi connectivity index (χ2v) is 12.4. The van der Waals surface area contributed by atoms with Crippen LogP contribution < -0.4 is 33.7 Å². The lowest BCUT2D eigenvalue weighted by atomic mass is 9.66. The first-order valence-electron chi connectivity index (χ1n) is 16.5. The van der Waals surface area contributed by atoms with E-state index in [9.17, 15) is 14.4 Å². The Balaban J connectivity index is 1.16. The molecule has 7 rings (SSSR count). The van der Waals surface area contributed by atoms with E-state index in [1.54, 1.807) is 43.3 Å². The van der Waals surface area contributed by atoms with Crippen LogP contribution in [0.2, 0.25) is 0 Å². The molecule has 2 aliphatic heterocycles. The summed E-state index contributed by atoms with van der Waals surface area (Å²) < 4.78 is 45.9. The van der Waals surface area contributed by atoms with Gasteiger partial charge in [0, 0.05) is 23.1 Å².